The predicted octanol–water partition coefficient (Wildman–Crippen LogP) is 2.86. The van der Waals surface area contributed by atoms with Crippen LogP contribution in [0.25, 0.3) is 10.9 Å². The Morgan fingerprint density at radius 1 is 1.40 bits per heavy atom. The first kappa shape index (κ1) is 17.8. The van der Waals surface area contributed by atoms with Crippen LogP contribution in [-0.2, 0) is 4.74 Å². The molecule has 3 rings (SSSR count). The molecule has 0 amide bonds. The normalized spacial score (nSPS) is 15.9. The number of fused-ring (bicyclic) bond motifs is 1. The van der Waals surface area contributed by atoms with E-state index in [0.717, 1.165) is 62.3 Å². The molecule has 1 aliphatic heterocycles. The summed E-state index contributed by atoms with van der Waals surface area (Å²) in [4.78, 5) is 5.31. The lowest BCUT2D eigenvalue weighted by molar-refractivity contribution is 0.0376. The van der Waals surface area contributed by atoms with E-state index < -0.39 is 0 Å². The van der Waals surface area contributed by atoms with Gasteiger partial charge in [-0.2, -0.15) is 0 Å². The average molecular weight is 361 g/mol. The highest BCUT2D eigenvalue weighted by atomic mass is 32.1. The number of thiocarbonyl (C=S) groups is 1. The lowest BCUT2D eigenvalue weighted by Gasteiger charge is -2.26. The SMILES string of the molecule is Cc1cccc2c(N=NC(=S)NCCCN3CCOCC3)c(O)[nH]c12. The fourth-order valence-corrected chi connectivity index (χ4v) is 3.03. The molecule has 2 heterocycles. The molecule has 2 aromatic rings. The van der Waals surface area contributed by atoms with Crippen LogP contribution in [0.2, 0.25) is 0 Å². The van der Waals surface area contributed by atoms with Crippen LogP contribution in [0.5, 0.6) is 5.88 Å². The summed E-state index contributed by atoms with van der Waals surface area (Å²) in [5.74, 6) is 0.00293. The zero-order valence-electron chi connectivity index (χ0n) is 14.3. The van der Waals surface area contributed by atoms with E-state index in [1.807, 2.05) is 25.1 Å². The number of H-pyrrole nitrogens is 1. The Hall–Kier alpha value is -2.03. The van der Waals surface area contributed by atoms with Crippen molar-refractivity contribution in [2.24, 2.45) is 10.2 Å². The Bertz CT molecular complexity index is 768. The molecule has 1 aliphatic rings. The van der Waals surface area contributed by atoms with Crippen molar-refractivity contribution in [1.29, 1.82) is 0 Å². The number of hydrogen-bond acceptors (Lipinski definition) is 5. The fourth-order valence-electron chi connectivity index (χ4n) is 2.89. The lowest BCUT2D eigenvalue weighted by atomic mass is 10.1. The molecule has 134 valence electrons. The number of aromatic hydroxyl groups is 1. The van der Waals surface area contributed by atoms with Crippen LogP contribution in [0, 0.1) is 6.92 Å². The van der Waals surface area contributed by atoms with Gasteiger partial charge in [-0.15, -0.1) is 10.2 Å². The van der Waals surface area contributed by atoms with Gasteiger partial charge in [0.1, 0.15) is 0 Å². The van der Waals surface area contributed by atoms with E-state index in [4.69, 9.17) is 17.0 Å². The third-order valence-electron chi connectivity index (χ3n) is 4.27. The van der Waals surface area contributed by atoms with Crippen molar-refractivity contribution < 1.29 is 9.84 Å². The number of rotatable bonds is 5. The summed E-state index contributed by atoms with van der Waals surface area (Å²) in [6, 6.07) is 5.79. The van der Waals surface area contributed by atoms with Crippen molar-refractivity contribution in [2.75, 3.05) is 39.4 Å². The van der Waals surface area contributed by atoms with Crippen LogP contribution >= 0.6 is 12.2 Å². The monoisotopic (exact) mass is 361 g/mol. The topological polar surface area (TPSA) is 85.2 Å². The minimum atomic E-state index is 0.00293. The number of benzene rings is 1. The second-order valence-corrected chi connectivity index (χ2v) is 6.45. The third kappa shape index (κ3) is 4.53. The first-order valence-corrected chi connectivity index (χ1v) is 8.86. The Labute approximate surface area is 152 Å². The van der Waals surface area contributed by atoms with Crippen LogP contribution in [-0.4, -0.2) is 59.5 Å². The van der Waals surface area contributed by atoms with E-state index in [1.54, 1.807) is 0 Å². The quantitative estimate of drug-likeness (QED) is 0.433. The van der Waals surface area contributed by atoms with Gasteiger partial charge in [0.2, 0.25) is 11.0 Å². The summed E-state index contributed by atoms with van der Waals surface area (Å²) in [5, 5.41) is 22.4. The molecule has 1 fully saturated rings. The highest BCUT2D eigenvalue weighted by Crippen LogP contribution is 2.36. The minimum Gasteiger partial charge on any atom is -0.493 e. The van der Waals surface area contributed by atoms with Gasteiger partial charge >= 0.3 is 0 Å². The van der Waals surface area contributed by atoms with Crippen molar-refractivity contribution >= 4 is 33.9 Å². The van der Waals surface area contributed by atoms with Crippen molar-refractivity contribution in [2.45, 2.75) is 13.3 Å². The second kappa shape index (κ2) is 8.37. The Balaban J connectivity index is 1.51. The zero-order valence-corrected chi connectivity index (χ0v) is 15.1. The predicted molar refractivity (Wildman–Crippen MR) is 102 cm³/mol. The van der Waals surface area contributed by atoms with Gasteiger partial charge in [0.15, 0.2) is 5.69 Å². The molecular formula is C17H23N5O2S. The maximum Gasteiger partial charge on any atom is 0.218 e. The number of aromatic amines is 1. The lowest BCUT2D eigenvalue weighted by Crippen LogP contribution is -2.37. The zero-order chi connectivity index (χ0) is 17.6. The number of hydrogen-bond donors (Lipinski definition) is 3. The highest BCUT2D eigenvalue weighted by Gasteiger charge is 2.12. The Morgan fingerprint density at radius 2 is 2.20 bits per heavy atom. The van der Waals surface area contributed by atoms with Crippen LogP contribution in [0.1, 0.15) is 12.0 Å². The molecule has 8 heteroatoms. The average Bonchev–Trinajstić information content (AvgIpc) is 2.95. The number of aromatic nitrogens is 1. The molecule has 0 radical (unpaired) electrons. The largest absolute Gasteiger partial charge is 0.493 e. The number of nitrogens with zero attached hydrogens (tertiary/aromatic N) is 3. The summed E-state index contributed by atoms with van der Waals surface area (Å²) < 4.78 is 5.33. The van der Waals surface area contributed by atoms with E-state index in [0.29, 0.717) is 10.8 Å². The maximum absolute atomic E-state index is 10.0. The molecule has 25 heavy (non-hydrogen) atoms. The molecule has 0 spiro atoms. The number of aryl methyl sites for hydroxylation is 1. The van der Waals surface area contributed by atoms with Gasteiger partial charge in [-0.3, -0.25) is 4.90 Å². The minimum absolute atomic E-state index is 0.00293. The first-order chi connectivity index (χ1) is 12.1. The van der Waals surface area contributed by atoms with Crippen LogP contribution in [0.4, 0.5) is 5.69 Å². The van der Waals surface area contributed by atoms with Gasteiger partial charge < -0.3 is 20.1 Å². The molecule has 0 bridgehead atoms. The smallest absolute Gasteiger partial charge is 0.218 e. The Morgan fingerprint density at radius 3 is 3.00 bits per heavy atom. The van der Waals surface area contributed by atoms with Gasteiger partial charge in [-0.1, -0.05) is 18.2 Å². The number of morpholine rings is 1. The van der Waals surface area contributed by atoms with Gasteiger partial charge in [0, 0.05) is 25.0 Å². The van der Waals surface area contributed by atoms with Gasteiger partial charge in [-0.05, 0) is 37.7 Å². The number of nitrogens with one attached hydrogen (secondary N) is 2. The first-order valence-electron chi connectivity index (χ1n) is 8.45. The summed E-state index contributed by atoms with van der Waals surface area (Å²) in [6.07, 6.45) is 0.979. The fraction of sp³-hybridized carbons (Fsp3) is 0.471. The van der Waals surface area contributed by atoms with Crippen molar-refractivity contribution in [3.8, 4) is 5.88 Å². The molecule has 1 saturated heterocycles. The van der Waals surface area contributed by atoms with E-state index in [1.165, 1.54) is 0 Å². The van der Waals surface area contributed by atoms with E-state index >= 15 is 0 Å². The van der Waals surface area contributed by atoms with Gasteiger partial charge in [0.25, 0.3) is 0 Å². The molecule has 0 saturated carbocycles. The molecule has 7 nitrogen and oxygen atoms in total. The van der Waals surface area contributed by atoms with E-state index in [2.05, 4.69) is 25.4 Å². The molecule has 3 N–H and O–H groups in total. The molecular weight excluding hydrogens is 338 g/mol. The van der Waals surface area contributed by atoms with Crippen LogP contribution < -0.4 is 5.32 Å². The van der Waals surface area contributed by atoms with E-state index in [-0.39, 0.29) is 5.88 Å². The third-order valence-corrected chi connectivity index (χ3v) is 4.49. The van der Waals surface area contributed by atoms with Gasteiger partial charge in [0.05, 0.1) is 18.7 Å². The van der Waals surface area contributed by atoms with Crippen molar-refractivity contribution in [3.63, 3.8) is 0 Å². The standard InChI is InChI=1S/C17H23N5O2S/c1-12-4-2-5-13-14(12)19-16(23)15(13)20-21-17(25)18-6-3-7-22-8-10-24-11-9-22/h2,4-5,19,23H,3,6-11H2,1H3,(H,18,25). The number of ether oxygens (including phenoxy) is 1. The summed E-state index contributed by atoms with van der Waals surface area (Å²) in [7, 11) is 0. The maximum atomic E-state index is 10.0. The number of azo groups is 1. The summed E-state index contributed by atoms with van der Waals surface area (Å²) >= 11 is 5.19. The summed E-state index contributed by atoms with van der Waals surface area (Å²) in [6.45, 7) is 7.33. The molecule has 0 unspecified atom stereocenters. The van der Waals surface area contributed by atoms with Crippen molar-refractivity contribution in [3.05, 3.63) is 23.8 Å². The molecule has 1 aromatic heterocycles. The van der Waals surface area contributed by atoms with Crippen molar-refractivity contribution in [1.82, 2.24) is 15.2 Å². The van der Waals surface area contributed by atoms with Crippen LogP contribution in [0.15, 0.2) is 28.4 Å². The summed E-state index contributed by atoms with van der Waals surface area (Å²) in [5.41, 5.74) is 2.31. The van der Waals surface area contributed by atoms with Crippen LogP contribution in [0.3, 0.4) is 0 Å². The molecule has 0 aliphatic carbocycles. The van der Waals surface area contributed by atoms with Gasteiger partial charge in [-0.25, -0.2) is 0 Å². The Kier molecular flexibility index (Phi) is 5.95. The second-order valence-electron chi connectivity index (χ2n) is 6.06. The highest BCUT2D eigenvalue weighted by molar-refractivity contribution is 7.80. The molecule has 0 atom stereocenters. The number of para-hydroxylation sites is 1. The molecule has 1 aromatic carbocycles. The van der Waals surface area contributed by atoms with E-state index in [9.17, 15) is 5.11 Å².